The van der Waals surface area contributed by atoms with Crippen molar-refractivity contribution in [3.05, 3.63) is 35.3 Å². The summed E-state index contributed by atoms with van der Waals surface area (Å²) >= 11 is 3.52. The lowest BCUT2D eigenvalue weighted by Gasteiger charge is -2.33. The highest BCUT2D eigenvalue weighted by Gasteiger charge is 2.26. The summed E-state index contributed by atoms with van der Waals surface area (Å²) in [5.74, 6) is 0.252. The van der Waals surface area contributed by atoms with Crippen molar-refractivity contribution in [1.29, 1.82) is 0 Å². The predicted molar refractivity (Wildman–Crippen MR) is 143 cm³/mol. The van der Waals surface area contributed by atoms with Crippen LogP contribution in [0.2, 0.25) is 0 Å². The van der Waals surface area contributed by atoms with Crippen LogP contribution in [0.5, 0.6) is 0 Å². The number of fused-ring (bicyclic) bond motifs is 1. The molecule has 5 rings (SSSR count). The Labute approximate surface area is 220 Å². The molecule has 36 heavy (non-hydrogen) atoms. The standard InChI is InChI=1S/C27H34BrN5O3/c1-27(2,3)36-25(34)12-18-7-9-32(10-8-18)20-13-19(15-29-16-20)26-21-14-23(28)30-17-22(21)33(31-26)24-6-4-5-11-35-24/h13-18,24H,4-12H2,1-3H3. The Kier molecular flexibility index (Phi) is 7.30. The third kappa shape index (κ3) is 5.72. The highest BCUT2D eigenvalue weighted by Crippen LogP contribution is 2.35. The summed E-state index contributed by atoms with van der Waals surface area (Å²) in [4.78, 5) is 23.6. The maximum Gasteiger partial charge on any atom is 0.306 e. The summed E-state index contributed by atoms with van der Waals surface area (Å²) in [5.41, 5.74) is 3.47. The fourth-order valence-corrected chi connectivity index (χ4v) is 5.44. The van der Waals surface area contributed by atoms with Gasteiger partial charge in [-0.2, -0.15) is 5.10 Å². The molecule has 0 saturated carbocycles. The first kappa shape index (κ1) is 25.1. The van der Waals surface area contributed by atoms with Gasteiger partial charge in [-0.1, -0.05) is 0 Å². The molecule has 9 heteroatoms. The minimum atomic E-state index is -0.435. The molecule has 0 aliphatic carbocycles. The third-order valence-corrected chi connectivity index (χ3v) is 7.27. The van der Waals surface area contributed by atoms with E-state index in [0.717, 1.165) is 84.3 Å². The van der Waals surface area contributed by atoms with E-state index in [0.29, 0.717) is 12.3 Å². The molecule has 0 bridgehead atoms. The molecule has 5 heterocycles. The van der Waals surface area contributed by atoms with E-state index in [1.807, 2.05) is 50.1 Å². The van der Waals surface area contributed by atoms with E-state index in [4.69, 9.17) is 14.6 Å². The number of hydrogen-bond donors (Lipinski definition) is 0. The molecule has 2 aliphatic rings. The van der Waals surface area contributed by atoms with E-state index in [1.165, 1.54) is 0 Å². The fraction of sp³-hybridized carbons (Fsp3) is 0.556. The van der Waals surface area contributed by atoms with Crippen molar-refractivity contribution in [2.75, 3.05) is 24.6 Å². The number of ether oxygens (including phenoxy) is 2. The number of hydrogen-bond acceptors (Lipinski definition) is 7. The topological polar surface area (TPSA) is 82.4 Å². The Morgan fingerprint density at radius 2 is 1.94 bits per heavy atom. The van der Waals surface area contributed by atoms with E-state index in [1.54, 1.807) is 0 Å². The number of esters is 1. The van der Waals surface area contributed by atoms with Crippen LogP contribution in [-0.2, 0) is 14.3 Å². The van der Waals surface area contributed by atoms with Gasteiger partial charge in [-0.15, -0.1) is 0 Å². The number of rotatable bonds is 5. The second-order valence-corrected chi connectivity index (χ2v) is 11.6. The normalized spacial score (nSPS) is 19.6. The van der Waals surface area contributed by atoms with Gasteiger partial charge in [0.25, 0.3) is 0 Å². The monoisotopic (exact) mass is 555 g/mol. The van der Waals surface area contributed by atoms with E-state index in [2.05, 4.69) is 36.9 Å². The van der Waals surface area contributed by atoms with Gasteiger partial charge in [0.1, 0.15) is 15.9 Å². The molecule has 0 spiro atoms. The zero-order valence-electron chi connectivity index (χ0n) is 21.2. The van der Waals surface area contributed by atoms with Gasteiger partial charge in [0.15, 0.2) is 6.23 Å². The average molecular weight is 557 g/mol. The van der Waals surface area contributed by atoms with Crippen LogP contribution in [0.25, 0.3) is 22.2 Å². The zero-order chi connectivity index (χ0) is 25.3. The number of carbonyl (C=O) groups is 1. The molecule has 3 aromatic rings. The first-order valence-electron chi connectivity index (χ1n) is 12.8. The maximum atomic E-state index is 12.3. The Morgan fingerprint density at radius 3 is 2.67 bits per heavy atom. The molecule has 2 saturated heterocycles. The average Bonchev–Trinajstić information content (AvgIpc) is 3.22. The highest BCUT2D eigenvalue weighted by molar-refractivity contribution is 9.10. The fourth-order valence-electron chi connectivity index (χ4n) is 5.10. The van der Waals surface area contributed by atoms with E-state index in [-0.39, 0.29) is 12.2 Å². The van der Waals surface area contributed by atoms with Gasteiger partial charge in [0.2, 0.25) is 0 Å². The molecular weight excluding hydrogens is 522 g/mol. The van der Waals surface area contributed by atoms with Crippen molar-refractivity contribution in [3.8, 4) is 11.3 Å². The summed E-state index contributed by atoms with van der Waals surface area (Å²) in [6, 6.07) is 4.19. The molecule has 1 unspecified atom stereocenters. The van der Waals surface area contributed by atoms with Gasteiger partial charge in [-0.05, 0) is 86.9 Å². The van der Waals surface area contributed by atoms with E-state index < -0.39 is 5.60 Å². The first-order valence-corrected chi connectivity index (χ1v) is 13.6. The van der Waals surface area contributed by atoms with Crippen molar-refractivity contribution < 1.29 is 14.3 Å². The van der Waals surface area contributed by atoms with Crippen LogP contribution in [0.4, 0.5) is 5.69 Å². The molecule has 3 aromatic heterocycles. The Balaban J connectivity index is 1.34. The van der Waals surface area contributed by atoms with Gasteiger partial charge < -0.3 is 14.4 Å². The Hall–Kier alpha value is -2.52. The van der Waals surface area contributed by atoms with Crippen LogP contribution in [0.3, 0.4) is 0 Å². The summed E-state index contributed by atoms with van der Waals surface area (Å²) in [6.07, 6.45) is 11.1. The van der Waals surface area contributed by atoms with Crippen LogP contribution in [0, 0.1) is 5.92 Å². The second kappa shape index (κ2) is 10.5. The molecule has 0 N–H and O–H groups in total. The molecule has 2 fully saturated rings. The van der Waals surface area contributed by atoms with Gasteiger partial charge in [0.05, 0.1) is 23.6 Å². The number of halogens is 1. The summed E-state index contributed by atoms with van der Waals surface area (Å²) < 4.78 is 14.3. The third-order valence-electron chi connectivity index (χ3n) is 6.84. The lowest BCUT2D eigenvalue weighted by Crippen LogP contribution is -2.35. The predicted octanol–water partition coefficient (Wildman–Crippen LogP) is 5.90. The molecule has 192 valence electrons. The zero-order valence-corrected chi connectivity index (χ0v) is 22.8. The lowest BCUT2D eigenvalue weighted by atomic mass is 9.93. The number of anilines is 1. The molecule has 0 radical (unpaired) electrons. The van der Waals surface area contributed by atoms with Crippen molar-refractivity contribution in [3.63, 3.8) is 0 Å². The number of pyridine rings is 2. The van der Waals surface area contributed by atoms with Crippen LogP contribution in [0.15, 0.2) is 35.3 Å². The molecule has 8 nitrogen and oxygen atoms in total. The lowest BCUT2D eigenvalue weighted by molar-refractivity contribution is -0.156. The molecule has 0 amide bonds. The number of carbonyl (C=O) groups excluding carboxylic acids is 1. The van der Waals surface area contributed by atoms with Crippen LogP contribution in [-0.4, -0.2) is 51.0 Å². The molecule has 2 aliphatic heterocycles. The highest BCUT2D eigenvalue weighted by atomic mass is 79.9. The van der Waals surface area contributed by atoms with E-state index >= 15 is 0 Å². The minimum Gasteiger partial charge on any atom is -0.460 e. The van der Waals surface area contributed by atoms with Crippen molar-refractivity contribution in [2.24, 2.45) is 5.92 Å². The van der Waals surface area contributed by atoms with E-state index in [9.17, 15) is 4.79 Å². The minimum absolute atomic E-state index is 0.0712. The van der Waals surface area contributed by atoms with Gasteiger partial charge in [-0.25, -0.2) is 9.67 Å². The first-order chi connectivity index (χ1) is 17.3. The summed E-state index contributed by atoms with van der Waals surface area (Å²) in [5, 5.41) is 6.03. The SMILES string of the molecule is CC(C)(C)OC(=O)CC1CCN(c2cncc(-c3nn(C4CCCCO4)c4cnc(Br)cc34)c2)CC1. The second-order valence-electron chi connectivity index (χ2n) is 10.8. The quantitative estimate of drug-likeness (QED) is 0.286. The Morgan fingerprint density at radius 1 is 1.14 bits per heavy atom. The van der Waals surface area contributed by atoms with Gasteiger partial charge >= 0.3 is 5.97 Å². The number of aromatic nitrogens is 4. The van der Waals surface area contributed by atoms with Crippen molar-refractivity contribution in [1.82, 2.24) is 19.7 Å². The number of piperidine rings is 1. The maximum absolute atomic E-state index is 12.3. The van der Waals surface area contributed by atoms with Crippen LogP contribution >= 0.6 is 15.9 Å². The van der Waals surface area contributed by atoms with Crippen molar-refractivity contribution >= 4 is 38.5 Å². The van der Waals surface area contributed by atoms with Crippen molar-refractivity contribution in [2.45, 2.75) is 71.1 Å². The summed E-state index contributed by atoms with van der Waals surface area (Å²) in [7, 11) is 0. The largest absolute Gasteiger partial charge is 0.460 e. The van der Waals surface area contributed by atoms with Crippen LogP contribution in [0.1, 0.15) is 65.5 Å². The molecular formula is C27H34BrN5O3. The number of nitrogens with zero attached hydrogens (tertiary/aromatic N) is 5. The molecule has 0 aromatic carbocycles. The van der Waals surface area contributed by atoms with Crippen LogP contribution < -0.4 is 4.90 Å². The van der Waals surface area contributed by atoms with Gasteiger partial charge in [0, 0.05) is 43.3 Å². The smallest absolute Gasteiger partial charge is 0.306 e. The Bertz CT molecular complexity index is 1220. The summed E-state index contributed by atoms with van der Waals surface area (Å²) in [6.45, 7) is 8.27. The van der Waals surface area contributed by atoms with Gasteiger partial charge in [-0.3, -0.25) is 9.78 Å². The molecule has 1 atom stereocenters.